The van der Waals surface area contributed by atoms with E-state index in [1.807, 2.05) is 13.0 Å². The van der Waals surface area contributed by atoms with E-state index in [4.69, 9.17) is 0 Å². The fourth-order valence-corrected chi connectivity index (χ4v) is 4.82. The van der Waals surface area contributed by atoms with Crippen molar-refractivity contribution in [2.75, 3.05) is 23.7 Å². The van der Waals surface area contributed by atoms with Crippen molar-refractivity contribution in [3.8, 4) is 0 Å². The maximum atomic E-state index is 12.2. The highest BCUT2D eigenvalue weighted by molar-refractivity contribution is 7.89. The number of anilines is 3. The number of fused-ring (bicyclic) bond motifs is 1. The molecule has 3 atom stereocenters. The van der Waals surface area contributed by atoms with Crippen LogP contribution in [0.15, 0.2) is 18.3 Å². The van der Waals surface area contributed by atoms with Crippen LogP contribution in [0.1, 0.15) is 19.5 Å². The number of nitrogens with zero attached hydrogens (tertiary/aromatic N) is 4. The van der Waals surface area contributed by atoms with E-state index in [1.165, 1.54) is 0 Å². The van der Waals surface area contributed by atoms with Crippen molar-refractivity contribution in [1.82, 2.24) is 24.5 Å². The standard InChI is InChI=1S/C16H23N7O2S/c1-9(2)26(24,25)23-7-11-12(8-23)15(11)20-16-17-5-4-13(19-16)18-14-6-10(3)21-22-14/h4-6,9,11-12,15H,7-8H2,1-3H3,(H3,17,18,19,20,21,22)/t11-,12+,15-. The first-order valence-corrected chi connectivity index (χ1v) is 10.2. The Morgan fingerprint density at radius 1 is 1.27 bits per heavy atom. The van der Waals surface area contributed by atoms with E-state index in [-0.39, 0.29) is 11.3 Å². The molecule has 2 fully saturated rings. The number of nitrogens with one attached hydrogen (secondary N) is 3. The summed E-state index contributed by atoms with van der Waals surface area (Å²) in [6, 6.07) is 3.90. The molecular formula is C16H23N7O2S. The van der Waals surface area contributed by atoms with Crippen LogP contribution in [0.2, 0.25) is 0 Å². The minimum atomic E-state index is -3.16. The summed E-state index contributed by atoms with van der Waals surface area (Å²) in [6.45, 7) is 6.53. The van der Waals surface area contributed by atoms with Crippen molar-refractivity contribution in [1.29, 1.82) is 0 Å². The summed E-state index contributed by atoms with van der Waals surface area (Å²) < 4.78 is 26.1. The smallest absolute Gasteiger partial charge is 0.224 e. The molecule has 26 heavy (non-hydrogen) atoms. The molecule has 2 aromatic heterocycles. The molecule has 1 aliphatic carbocycles. The van der Waals surface area contributed by atoms with E-state index in [0.717, 1.165) is 5.69 Å². The van der Waals surface area contributed by atoms with Crippen molar-refractivity contribution in [3.63, 3.8) is 0 Å². The molecule has 0 bridgehead atoms. The van der Waals surface area contributed by atoms with Gasteiger partial charge in [-0.1, -0.05) is 0 Å². The van der Waals surface area contributed by atoms with Crippen LogP contribution >= 0.6 is 0 Å². The van der Waals surface area contributed by atoms with Crippen molar-refractivity contribution < 1.29 is 8.42 Å². The second-order valence-electron chi connectivity index (χ2n) is 7.24. The molecular weight excluding hydrogens is 354 g/mol. The maximum absolute atomic E-state index is 12.2. The molecule has 1 saturated carbocycles. The fourth-order valence-electron chi connectivity index (χ4n) is 3.47. The Balaban J connectivity index is 1.36. The van der Waals surface area contributed by atoms with Crippen LogP contribution in [0.5, 0.6) is 0 Å². The highest BCUT2D eigenvalue weighted by Gasteiger charge is 2.58. The lowest BCUT2D eigenvalue weighted by Crippen LogP contribution is -2.38. The lowest BCUT2D eigenvalue weighted by molar-refractivity contribution is 0.430. The van der Waals surface area contributed by atoms with E-state index >= 15 is 0 Å². The predicted octanol–water partition coefficient (Wildman–Crippen LogP) is 1.33. The van der Waals surface area contributed by atoms with Crippen molar-refractivity contribution in [2.45, 2.75) is 32.1 Å². The van der Waals surface area contributed by atoms with Gasteiger partial charge in [0, 0.05) is 37.1 Å². The van der Waals surface area contributed by atoms with Crippen molar-refractivity contribution in [3.05, 3.63) is 24.0 Å². The molecule has 0 spiro atoms. The van der Waals surface area contributed by atoms with Gasteiger partial charge in [0.2, 0.25) is 16.0 Å². The molecule has 0 unspecified atom stereocenters. The first kappa shape index (κ1) is 17.2. The van der Waals surface area contributed by atoms with Gasteiger partial charge in [-0.3, -0.25) is 5.10 Å². The topological polar surface area (TPSA) is 116 Å². The molecule has 140 valence electrons. The van der Waals surface area contributed by atoms with Gasteiger partial charge in [0.1, 0.15) is 5.82 Å². The van der Waals surface area contributed by atoms with Crippen LogP contribution in [-0.4, -0.2) is 57.3 Å². The molecule has 9 nitrogen and oxygen atoms in total. The van der Waals surface area contributed by atoms with Gasteiger partial charge in [-0.05, 0) is 38.7 Å². The van der Waals surface area contributed by atoms with Gasteiger partial charge in [0.25, 0.3) is 0 Å². The summed E-state index contributed by atoms with van der Waals surface area (Å²) in [6.07, 6.45) is 1.69. The third-order valence-electron chi connectivity index (χ3n) is 5.03. The van der Waals surface area contributed by atoms with E-state index in [2.05, 4.69) is 30.8 Å². The molecule has 0 aromatic carbocycles. The SMILES string of the molecule is Cc1cc(Nc2ccnc(N[C@@H]3[C@@H]4CN(S(=O)(=O)C(C)C)C[C@@H]43)n2)n[nH]1. The van der Waals surface area contributed by atoms with Gasteiger partial charge in [-0.25, -0.2) is 17.7 Å². The van der Waals surface area contributed by atoms with Gasteiger partial charge in [0.15, 0.2) is 5.82 Å². The van der Waals surface area contributed by atoms with Crippen LogP contribution in [0, 0.1) is 18.8 Å². The van der Waals surface area contributed by atoms with E-state index in [0.29, 0.717) is 42.5 Å². The van der Waals surface area contributed by atoms with Gasteiger partial charge in [-0.2, -0.15) is 10.1 Å². The number of aryl methyl sites for hydroxylation is 1. The second kappa shape index (κ2) is 6.20. The molecule has 3 N–H and O–H groups in total. The molecule has 3 heterocycles. The Morgan fingerprint density at radius 2 is 2.00 bits per heavy atom. The molecule has 10 heteroatoms. The van der Waals surface area contributed by atoms with Crippen LogP contribution in [0.25, 0.3) is 0 Å². The molecule has 4 rings (SSSR count). The highest BCUT2D eigenvalue weighted by atomic mass is 32.2. The first-order chi connectivity index (χ1) is 12.3. The minimum Gasteiger partial charge on any atom is -0.351 e. The lowest BCUT2D eigenvalue weighted by Gasteiger charge is -2.22. The molecule has 1 aliphatic heterocycles. The Morgan fingerprint density at radius 3 is 2.62 bits per heavy atom. The van der Waals surface area contributed by atoms with Crippen LogP contribution < -0.4 is 10.6 Å². The quantitative estimate of drug-likeness (QED) is 0.695. The van der Waals surface area contributed by atoms with Crippen molar-refractivity contribution in [2.24, 2.45) is 11.8 Å². The summed E-state index contributed by atoms with van der Waals surface area (Å²) in [5.41, 5.74) is 0.964. The van der Waals surface area contributed by atoms with Crippen LogP contribution in [-0.2, 0) is 10.0 Å². The summed E-state index contributed by atoms with van der Waals surface area (Å²) >= 11 is 0. The number of rotatable bonds is 6. The minimum absolute atomic E-state index is 0.233. The van der Waals surface area contributed by atoms with Gasteiger partial charge in [0.05, 0.1) is 5.25 Å². The first-order valence-electron chi connectivity index (χ1n) is 8.72. The average Bonchev–Trinajstić information content (AvgIpc) is 2.93. The number of aromatic nitrogens is 4. The third-order valence-corrected chi connectivity index (χ3v) is 7.24. The fraction of sp³-hybridized carbons (Fsp3) is 0.562. The average molecular weight is 377 g/mol. The van der Waals surface area contributed by atoms with Gasteiger partial charge >= 0.3 is 0 Å². The van der Waals surface area contributed by atoms with Gasteiger partial charge < -0.3 is 10.6 Å². The third kappa shape index (κ3) is 3.14. The summed E-state index contributed by atoms with van der Waals surface area (Å²) in [4.78, 5) is 8.73. The largest absolute Gasteiger partial charge is 0.351 e. The number of hydrogen-bond donors (Lipinski definition) is 3. The number of aromatic amines is 1. The zero-order chi connectivity index (χ0) is 18.5. The summed E-state index contributed by atoms with van der Waals surface area (Å²) in [5.74, 6) is 2.56. The number of hydrogen-bond acceptors (Lipinski definition) is 7. The maximum Gasteiger partial charge on any atom is 0.224 e. The molecule has 1 saturated heterocycles. The molecule has 0 amide bonds. The Bertz CT molecular complexity index is 899. The number of piperidine rings is 1. The van der Waals surface area contributed by atoms with E-state index < -0.39 is 10.0 Å². The Labute approximate surface area is 152 Å². The summed E-state index contributed by atoms with van der Waals surface area (Å²) in [5, 5.41) is 13.1. The Kier molecular flexibility index (Phi) is 4.11. The normalized spacial score (nSPS) is 25.3. The monoisotopic (exact) mass is 377 g/mol. The Hall–Kier alpha value is -2.20. The van der Waals surface area contributed by atoms with E-state index in [1.54, 1.807) is 30.4 Å². The predicted molar refractivity (Wildman–Crippen MR) is 98.7 cm³/mol. The van der Waals surface area contributed by atoms with E-state index in [9.17, 15) is 8.42 Å². The zero-order valence-electron chi connectivity index (χ0n) is 15.0. The second-order valence-corrected chi connectivity index (χ2v) is 9.72. The van der Waals surface area contributed by atoms with Gasteiger partial charge in [-0.15, -0.1) is 0 Å². The van der Waals surface area contributed by atoms with Crippen molar-refractivity contribution >= 4 is 27.6 Å². The lowest BCUT2D eigenvalue weighted by atomic mass is 10.4. The highest BCUT2D eigenvalue weighted by Crippen LogP contribution is 2.48. The van der Waals surface area contributed by atoms with Crippen LogP contribution in [0.3, 0.4) is 0 Å². The summed E-state index contributed by atoms with van der Waals surface area (Å²) in [7, 11) is -3.16. The zero-order valence-corrected chi connectivity index (χ0v) is 15.8. The number of sulfonamides is 1. The number of H-pyrrole nitrogens is 1. The molecule has 0 radical (unpaired) electrons. The molecule has 2 aliphatic rings. The van der Waals surface area contributed by atoms with Crippen LogP contribution in [0.4, 0.5) is 17.6 Å². The molecule has 2 aromatic rings.